The summed E-state index contributed by atoms with van der Waals surface area (Å²) >= 11 is 1.49. The number of thiazole rings is 1. The van der Waals surface area contributed by atoms with Crippen LogP contribution in [0.5, 0.6) is 0 Å². The summed E-state index contributed by atoms with van der Waals surface area (Å²) in [6.45, 7) is 2.00. The van der Waals surface area contributed by atoms with Gasteiger partial charge in [0, 0.05) is 21.6 Å². The molecule has 0 spiro atoms. The van der Waals surface area contributed by atoms with Crippen LogP contribution in [0, 0.1) is 6.92 Å². The number of hydrogen-bond donors (Lipinski definition) is 1. The molecule has 0 saturated carbocycles. The number of anilines is 1. The minimum absolute atomic E-state index is 0.100. The number of nitrogens with one attached hydrogen (secondary N) is 1. The molecule has 6 heteroatoms. The first kappa shape index (κ1) is 15.9. The highest BCUT2D eigenvalue weighted by molar-refractivity contribution is 7.15. The number of carboxylic acids is 1. The smallest absolute Gasteiger partial charge is 0.204 e. The molecule has 120 valence electrons. The second kappa shape index (κ2) is 7.06. The molecule has 3 rings (SSSR count). The zero-order valence-electron chi connectivity index (χ0n) is 12.9. The molecule has 1 aromatic heterocycles. The molecule has 0 saturated heterocycles. The van der Waals surface area contributed by atoms with E-state index in [9.17, 15) is 9.90 Å². The van der Waals surface area contributed by atoms with Gasteiger partial charge in [0.25, 0.3) is 0 Å². The third-order valence-electron chi connectivity index (χ3n) is 3.39. The number of carboxylic acid groups (broad SMARTS) is 1. The Morgan fingerprint density at radius 3 is 2.62 bits per heavy atom. The summed E-state index contributed by atoms with van der Waals surface area (Å²) < 4.78 is 0. The molecule has 0 aliphatic carbocycles. The van der Waals surface area contributed by atoms with Gasteiger partial charge >= 0.3 is 0 Å². The van der Waals surface area contributed by atoms with Crippen LogP contribution in [-0.4, -0.2) is 17.2 Å². The van der Waals surface area contributed by atoms with Crippen molar-refractivity contribution in [3.63, 3.8) is 0 Å². The molecule has 1 N–H and O–H groups in total. The quantitative estimate of drug-likeness (QED) is 0.574. The number of carbonyl (C=O) groups excluding carboxylic acids is 1. The van der Waals surface area contributed by atoms with Gasteiger partial charge in [-0.2, -0.15) is 5.10 Å². The van der Waals surface area contributed by atoms with Gasteiger partial charge in [0.05, 0.1) is 17.9 Å². The maximum atomic E-state index is 11.1. The monoisotopic (exact) mass is 336 g/mol. The Hall–Kier alpha value is -2.99. The summed E-state index contributed by atoms with van der Waals surface area (Å²) in [6, 6.07) is 16.4. The number of benzene rings is 2. The second-order valence-electron chi connectivity index (χ2n) is 5.03. The van der Waals surface area contributed by atoms with E-state index in [1.807, 2.05) is 37.3 Å². The predicted octanol–water partition coefficient (Wildman–Crippen LogP) is 2.93. The van der Waals surface area contributed by atoms with Crippen molar-refractivity contribution in [2.75, 3.05) is 5.43 Å². The molecule has 2 aromatic carbocycles. The normalized spacial score (nSPS) is 10.9. The van der Waals surface area contributed by atoms with Crippen molar-refractivity contribution in [3.8, 4) is 11.3 Å². The summed E-state index contributed by atoms with van der Waals surface area (Å²) in [5.74, 6) is -1.23. The Labute approximate surface area is 143 Å². The average molecular weight is 336 g/mol. The van der Waals surface area contributed by atoms with E-state index in [1.165, 1.54) is 23.6 Å². The first-order valence-electron chi connectivity index (χ1n) is 7.27. The molecule has 0 atom stereocenters. The van der Waals surface area contributed by atoms with Crippen LogP contribution in [0.15, 0.2) is 59.7 Å². The molecule has 5 nitrogen and oxygen atoms in total. The SMILES string of the molecule is Cc1sc(NN=Cc2ccccc2C(=O)[O-])nc1-c1ccccc1. The topological polar surface area (TPSA) is 77.4 Å². The molecule has 24 heavy (non-hydrogen) atoms. The molecule has 0 unspecified atom stereocenters. The van der Waals surface area contributed by atoms with Crippen molar-refractivity contribution in [2.24, 2.45) is 5.10 Å². The largest absolute Gasteiger partial charge is 0.545 e. The van der Waals surface area contributed by atoms with Crippen molar-refractivity contribution in [1.82, 2.24) is 4.98 Å². The van der Waals surface area contributed by atoms with E-state index in [2.05, 4.69) is 15.5 Å². The van der Waals surface area contributed by atoms with Gasteiger partial charge < -0.3 is 9.90 Å². The summed E-state index contributed by atoms with van der Waals surface area (Å²) in [6.07, 6.45) is 1.45. The van der Waals surface area contributed by atoms with Gasteiger partial charge in [0.1, 0.15) is 0 Å². The van der Waals surface area contributed by atoms with Gasteiger partial charge in [-0.25, -0.2) is 4.98 Å². The molecular weight excluding hydrogens is 322 g/mol. The zero-order chi connectivity index (χ0) is 16.9. The van der Waals surface area contributed by atoms with E-state index in [0.29, 0.717) is 10.7 Å². The number of hydrogen-bond acceptors (Lipinski definition) is 6. The summed E-state index contributed by atoms with van der Waals surface area (Å²) in [5.41, 5.74) is 5.39. The van der Waals surface area contributed by atoms with Crippen molar-refractivity contribution in [1.29, 1.82) is 0 Å². The van der Waals surface area contributed by atoms with Crippen LogP contribution in [0.3, 0.4) is 0 Å². The van der Waals surface area contributed by atoms with E-state index < -0.39 is 5.97 Å². The van der Waals surface area contributed by atoms with Gasteiger partial charge in [0.15, 0.2) is 0 Å². The van der Waals surface area contributed by atoms with E-state index in [0.717, 1.165) is 16.1 Å². The van der Waals surface area contributed by atoms with Crippen LogP contribution in [0.2, 0.25) is 0 Å². The van der Waals surface area contributed by atoms with E-state index >= 15 is 0 Å². The number of nitrogens with zero attached hydrogens (tertiary/aromatic N) is 2. The maximum absolute atomic E-state index is 11.1. The molecular formula is C18H14N3O2S-. The molecule has 0 aliphatic heterocycles. The number of aromatic nitrogens is 1. The lowest BCUT2D eigenvalue weighted by atomic mass is 10.1. The van der Waals surface area contributed by atoms with Crippen LogP contribution in [0.4, 0.5) is 5.13 Å². The van der Waals surface area contributed by atoms with Crippen LogP contribution in [-0.2, 0) is 0 Å². The molecule has 0 aliphatic rings. The first-order chi connectivity index (χ1) is 11.6. The minimum atomic E-state index is -1.23. The number of aryl methyl sites for hydroxylation is 1. The Morgan fingerprint density at radius 2 is 1.88 bits per heavy atom. The first-order valence-corrected chi connectivity index (χ1v) is 8.09. The number of carbonyl (C=O) groups is 1. The Balaban J connectivity index is 1.78. The fourth-order valence-electron chi connectivity index (χ4n) is 2.26. The van der Waals surface area contributed by atoms with Crippen molar-refractivity contribution in [2.45, 2.75) is 6.92 Å². The summed E-state index contributed by atoms with van der Waals surface area (Å²) in [5, 5.41) is 15.8. The van der Waals surface area contributed by atoms with Crippen LogP contribution < -0.4 is 10.5 Å². The molecule has 3 aromatic rings. The fraction of sp³-hybridized carbons (Fsp3) is 0.0556. The van der Waals surface area contributed by atoms with E-state index in [4.69, 9.17) is 0 Å². The van der Waals surface area contributed by atoms with Crippen molar-refractivity contribution in [3.05, 3.63) is 70.6 Å². The highest BCUT2D eigenvalue weighted by Crippen LogP contribution is 2.30. The highest BCUT2D eigenvalue weighted by atomic mass is 32.1. The zero-order valence-corrected chi connectivity index (χ0v) is 13.7. The van der Waals surface area contributed by atoms with Crippen LogP contribution in [0.1, 0.15) is 20.8 Å². The number of rotatable bonds is 5. The van der Waals surface area contributed by atoms with Crippen LogP contribution in [0.25, 0.3) is 11.3 Å². The van der Waals surface area contributed by atoms with Gasteiger partial charge in [-0.3, -0.25) is 5.43 Å². The summed E-state index contributed by atoms with van der Waals surface area (Å²) in [7, 11) is 0. The third kappa shape index (κ3) is 3.49. The van der Waals surface area contributed by atoms with Crippen LogP contribution >= 0.6 is 11.3 Å². The predicted molar refractivity (Wildman–Crippen MR) is 94.3 cm³/mol. The van der Waals surface area contributed by atoms with Crippen molar-refractivity contribution < 1.29 is 9.90 Å². The third-order valence-corrected chi connectivity index (χ3v) is 4.26. The average Bonchev–Trinajstić information content (AvgIpc) is 2.97. The minimum Gasteiger partial charge on any atom is -0.545 e. The standard InChI is InChI=1S/C18H15N3O2S/c1-12-16(13-7-3-2-4-8-13)20-18(24-12)21-19-11-14-9-5-6-10-15(14)17(22)23/h2-11H,1H3,(H,20,21)(H,22,23)/p-1. The van der Waals surface area contributed by atoms with Gasteiger partial charge in [-0.15, -0.1) is 11.3 Å². The molecule has 0 fully saturated rings. The van der Waals surface area contributed by atoms with E-state index in [1.54, 1.807) is 18.2 Å². The Kier molecular flexibility index (Phi) is 4.67. The highest BCUT2D eigenvalue weighted by Gasteiger charge is 2.08. The van der Waals surface area contributed by atoms with Gasteiger partial charge in [-0.1, -0.05) is 54.6 Å². The van der Waals surface area contributed by atoms with Gasteiger partial charge in [0.2, 0.25) is 5.13 Å². The molecule has 0 bridgehead atoms. The van der Waals surface area contributed by atoms with Crippen molar-refractivity contribution >= 4 is 28.7 Å². The lowest BCUT2D eigenvalue weighted by Crippen LogP contribution is -2.23. The number of hydrazone groups is 1. The number of aromatic carboxylic acids is 1. The molecule has 1 heterocycles. The maximum Gasteiger partial charge on any atom is 0.204 e. The Bertz CT molecular complexity index is 888. The molecule has 0 amide bonds. The second-order valence-corrected chi connectivity index (χ2v) is 6.24. The molecule has 0 radical (unpaired) electrons. The lowest BCUT2D eigenvalue weighted by Gasteiger charge is -2.05. The summed E-state index contributed by atoms with van der Waals surface area (Å²) in [4.78, 5) is 16.7. The lowest BCUT2D eigenvalue weighted by molar-refractivity contribution is -0.255. The fourth-order valence-corrected chi connectivity index (χ4v) is 3.05. The van der Waals surface area contributed by atoms with Gasteiger partial charge in [-0.05, 0) is 6.92 Å². The Morgan fingerprint density at radius 1 is 1.17 bits per heavy atom. The van der Waals surface area contributed by atoms with E-state index in [-0.39, 0.29) is 5.56 Å².